The molecule has 0 amide bonds. The normalized spacial score (nSPS) is 17.6. The monoisotopic (exact) mass is 223 g/mol. The highest BCUT2D eigenvalue weighted by Crippen LogP contribution is 2.16. The van der Waals surface area contributed by atoms with Crippen molar-refractivity contribution < 1.29 is 4.74 Å². The van der Waals surface area contributed by atoms with Crippen molar-refractivity contribution in [2.45, 2.75) is 26.2 Å². The van der Waals surface area contributed by atoms with E-state index >= 15 is 0 Å². The lowest BCUT2D eigenvalue weighted by Gasteiger charge is -2.22. The van der Waals surface area contributed by atoms with Gasteiger partial charge in [0.1, 0.15) is 5.82 Å². The predicted molar refractivity (Wildman–Crippen MR) is 64.6 cm³/mol. The molecule has 0 aliphatic carbocycles. The third-order valence-corrected chi connectivity index (χ3v) is 3.21. The third-order valence-electron chi connectivity index (χ3n) is 3.21. The molecule has 4 nitrogen and oxygen atoms in total. The van der Waals surface area contributed by atoms with E-state index in [9.17, 15) is 0 Å². The number of aryl methyl sites for hydroxylation is 2. The van der Waals surface area contributed by atoms with Crippen molar-refractivity contribution in [3.05, 3.63) is 11.8 Å². The molecular formula is C12H21N3O. The van der Waals surface area contributed by atoms with Gasteiger partial charge in [-0.05, 0) is 25.2 Å². The molecule has 0 radical (unpaired) electrons. The van der Waals surface area contributed by atoms with E-state index in [2.05, 4.69) is 23.4 Å². The Morgan fingerprint density at radius 2 is 2.25 bits per heavy atom. The van der Waals surface area contributed by atoms with Crippen LogP contribution in [0.4, 0.5) is 5.82 Å². The van der Waals surface area contributed by atoms with Crippen LogP contribution in [0.1, 0.15) is 25.5 Å². The Labute approximate surface area is 97.0 Å². The van der Waals surface area contributed by atoms with Crippen LogP contribution in [-0.4, -0.2) is 29.5 Å². The van der Waals surface area contributed by atoms with Gasteiger partial charge in [-0.2, -0.15) is 5.10 Å². The summed E-state index contributed by atoms with van der Waals surface area (Å²) >= 11 is 0. The van der Waals surface area contributed by atoms with Crippen LogP contribution in [0.3, 0.4) is 0 Å². The van der Waals surface area contributed by atoms with Gasteiger partial charge in [0.2, 0.25) is 0 Å². The lowest BCUT2D eigenvalue weighted by Crippen LogP contribution is -2.23. The van der Waals surface area contributed by atoms with Gasteiger partial charge in [0.05, 0.1) is 5.69 Å². The maximum atomic E-state index is 5.35. The van der Waals surface area contributed by atoms with Gasteiger partial charge in [0.15, 0.2) is 0 Å². The Bertz CT molecular complexity index is 329. The highest BCUT2D eigenvalue weighted by Gasteiger charge is 2.14. The molecule has 0 saturated carbocycles. The third kappa shape index (κ3) is 2.76. The number of anilines is 1. The molecule has 0 spiro atoms. The molecule has 2 heterocycles. The quantitative estimate of drug-likeness (QED) is 0.846. The summed E-state index contributed by atoms with van der Waals surface area (Å²) < 4.78 is 7.28. The molecule has 0 bridgehead atoms. The van der Waals surface area contributed by atoms with Crippen molar-refractivity contribution in [3.63, 3.8) is 0 Å². The number of ether oxygens (including phenoxy) is 1. The van der Waals surface area contributed by atoms with Crippen LogP contribution in [0.15, 0.2) is 6.07 Å². The van der Waals surface area contributed by atoms with E-state index in [0.717, 1.165) is 43.6 Å². The first-order chi connectivity index (χ1) is 7.79. The maximum Gasteiger partial charge on any atom is 0.124 e. The molecule has 1 fully saturated rings. The molecule has 16 heavy (non-hydrogen) atoms. The van der Waals surface area contributed by atoms with Crippen molar-refractivity contribution in [3.8, 4) is 0 Å². The van der Waals surface area contributed by atoms with Crippen molar-refractivity contribution in [1.29, 1.82) is 0 Å². The Morgan fingerprint density at radius 1 is 1.50 bits per heavy atom. The van der Waals surface area contributed by atoms with E-state index in [0.29, 0.717) is 0 Å². The molecule has 1 N–H and O–H groups in total. The summed E-state index contributed by atoms with van der Waals surface area (Å²) in [5.74, 6) is 1.87. The Hall–Kier alpha value is -1.03. The van der Waals surface area contributed by atoms with Crippen LogP contribution in [0.2, 0.25) is 0 Å². The fourth-order valence-corrected chi connectivity index (χ4v) is 2.06. The van der Waals surface area contributed by atoms with Crippen molar-refractivity contribution in [1.82, 2.24) is 9.78 Å². The van der Waals surface area contributed by atoms with Gasteiger partial charge in [0.25, 0.3) is 0 Å². The van der Waals surface area contributed by atoms with Crippen LogP contribution in [0.5, 0.6) is 0 Å². The molecule has 0 aromatic carbocycles. The first kappa shape index (κ1) is 11.5. The standard InChI is InChI=1S/C12H21N3O/c1-3-11-8-12(15(2)14-11)13-9-10-4-6-16-7-5-10/h8,10,13H,3-7,9H2,1-2H3. The highest BCUT2D eigenvalue weighted by molar-refractivity contribution is 5.36. The van der Waals surface area contributed by atoms with E-state index in [-0.39, 0.29) is 0 Å². The summed E-state index contributed by atoms with van der Waals surface area (Å²) in [6.45, 7) is 4.99. The number of hydrogen-bond donors (Lipinski definition) is 1. The van der Waals surface area contributed by atoms with Gasteiger partial charge in [-0.25, -0.2) is 0 Å². The molecule has 90 valence electrons. The van der Waals surface area contributed by atoms with Crippen molar-refractivity contribution in [2.75, 3.05) is 25.1 Å². The van der Waals surface area contributed by atoms with Gasteiger partial charge >= 0.3 is 0 Å². The lowest BCUT2D eigenvalue weighted by molar-refractivity contribution is 0.0699. The minimum absolute atomic E-state index is 0.744. The van der Waals surface area contributed by atoms with E-state index in [1.807, 2.05) is 11.7 Å². The zero-order valence-electron chi connectivity index (χ0n) is 10.2. The van der Waals surface area contributed by atoms with Crippen molar-refractivity contribution >= 4 is 5.82 Å². The number of hydrogen-bond acceptors (Lipinski definition) is 3. The number of nitrogens with zero attached hydrogens (tertiary/aromatic N) is 2. The molecule has 4 heteroatoms. The second kappa shape index (κ2) is 5.34. The van der Waals surface area contributed by atoms with E-state index in [1.165, 1.54) is 12.8 Å². The SMILES string of the molecule is CCc1cc(NCC2CCOCC2)n(C)n1. The van der Waals surface area contributed by atoms with Gasteiger partial charge in [-0.3, -0.25) is 4.68 Å². The smallest absolute Gasteiger partial charge is 0.124 e. The molecule has 1 aliphatic rings. The summed E-state index contributed by atoms with van der Waals surface area (Å²) in [5.41, 5.74) is 1.15. The van der Waals surface area contributed by atoms with E-state index in [1.54, 1.807) is 0 Å². The van der Waals surface area contributed by atoms with Crippen LogP contribution >= 0.6 is 0 Å². The fourth-order valence-electron chi connectivity index (χ4n) is 2.06. The number of aromatic nitrogens is 2. The van der Waals surface area contributed by atoms with Crippen LogP contribution in [0.25, 0.3) is 0 Å². The fraction of sp³-hybridized carbons (Fsp3) is 0.750. The Morgan fingerprint density at radius 3 is 2.88 bits per heavy atom. The first-order valence-electron chi connectivity index (χ1n) is 6.14. The largest absolute Gasteiger partial charge is 0.381 e. The highest BCUT2D eigenvalue weighted by atomic mass is 16.5. The van der Waals surface area contributed by atoms with Crippen LogP contribution in [0, 0.1) is 5.92 Å². The minimum atomic E-state index is 0.744. The topological polar surface area (TPSA) is 39.1 Å². The minimum Gasteiger partial charge on any atom is -0.381 e. The number of rotatable bonds is 4. The van der Waals surface area contributed by atoms with Crippen LogP contribution in [-0.2, 0) is 18.2 Å². The average Bonchev–Trinajstić information content (AvgIpc) is 2.69. The summed E-state index contributed by atoms with van der Waals surface area (Å²) in [7, 11) is 1.99. The number of nitrogens with one attached hydrogen (secondary N) is 1. The Balaban J connectivity index is 1.85. The molecule has 0 atom stereocenters. The molecule has 1 saturated heterocycles. The maximum absolute atomic E-state index is 5.35. The lowest BCUT2D eigenvalue weighted by atomic mass is 10.0. The summed E-state index contributed by atoms with van der Waals surface area (Å²) in [4.78, 5) is 0. The molecule has 0 unspecified atom stereocenters. The second-order valence-electron chi connectivity index (χ2n) is 4.43. The molecule has 1 aromatic rings. The van der Waals surface area contributed by atoms with E-state index in [4.69, 9.17) is 4.74 Å². The molecular weight excluding hydrogens is 202 g/mol. The van der Waals surface area contributed by atoms with Gasteiger partial charge in [0, 0.05) is 32.9 Å². The predicted octanol–water partition coefficient (Wildman–Crippen LogP) is 1.82. The zero-order chi connectivity index (χ0) is 11.4. The first-order valence-corrected chi connectivity index (χ1v) is 6.14. The van der Waals surface area contributed by atoms with E-state index < -0.39 is 0 Å². The Kier molecular flexibility index (Phi) is 3.83. The molecule has 1 aromatic heterocycles. The van der Waals surface area contributed by atoms with Gasteiger partial charge in [-0.1, -0.05) is 6.92 Å². The second-order valence-corrected chi connectivity index (χ2v) is 4.43. The summed E-state index contributed by atoms with van der Waals surface area (Å²) in [5, 5.41) is 7.90. The van der Waals surface area contributed by atoms with Gasteiger partial charge in [-0.15, -0.1) is 0 Å². The molecule has 2 rings (SSSR count). The zero-order valence-corrected chi connectivity index (χ0v) is 10.2. The molecule has 1 aliphatic heterocycles. The van der Waals surface area contributed by atoms with Crippen LogP contribution < -0.4 is 5.32 Å². The van der Waals surface area contributed by atoms with Crippen molar-refractivity contribution in [2.24, 2.45) is 13.0 Å². The van der Waals surface area contributed by atoms with Gasteiger partial charge < -0.3 is 10.1 Å². The summed E-state index contributed by atoms with van der Waals surface area (Å²) in [6, 6.07) is 2.14. The summed E-state index contributed by atoms with van der Waals surface area (Å²) in [6.07, 6.45) is 3.34. The average molecular weight is 223 g/mol.